The van der Waals surface area contributed by atoms with Crippen LogP contribution in [-0.4, -0.2) is 11.8 Å². The molecule has 4 nitrogen and oxygen atoms in total. The minimum absolute atomic E-state index is 0.308. The Balaban J connectivity index is 1.89. The van der Waals surface area contributed by atoms with E-state index in [9.17, 15) is 9.59 Å². The summed E-state index contributed by atoms with van der Waals surface area (Å²) in [5, 5.41) is 0. The Morgan fingerprint density at radius 2 is 1.50 bits per heavy atom. The number of amides is 2. The molecule has 1 aliphatic rings. The van der Waals surface area contributed by atoms with E-state index >= 15 is 0 Å². The maximum Gasteiger partial charge on any atom is 0.258 e. The minimum atomic E-state index is -0.308. The van der Waals surface area contributed by atoms with Crippen LogP contribution in [0.3, 0.4) is 0 Å². The first-order chi connectivity index (χ1) is 12.4. The van der Waals surface area contributed by atoms with Gasteiger partial charge in [-0.2, -0.15) is 0 Å². The summed E-state index contributed by atoms with van der Waals surface area (Å²) in [4.78, 5) is 25.2. The van der Waals surface area contributed by atoms with Gasteiger partial charge in [-0.05, 0) is 67.6 Å². The van der Waals surface area contributed by atoms with Crippen LogP contribution in [-0.2, 0) is 16.0 Å². The van der Waals surface area contributed by atoms with Gasteiger partial charge in [-0.1, -0.05) is 25.5 Å². The topological polar surface area (TPSA) is 46.6 Å². The number of benzene rings is 2. The third-order valence-corrected chi connectivity index (χ3v) is 4.50. The fourth-order valence-corrected chi connectivity index (χ4v) is 3.35. The summed E-state index contributed by atoms with van der Waals surface area (Å²) in [5.41, 5.74) is 4.67. The van der Waals surface area contributed by atoms with Gasteiger partial charge in [-0.3, -0.25) is 9.59 Å². The fraction of sp³-hybridized carbons (Fsp3) is 0.273. The molecular formula is C22H23NO3. The van der Waals surface area contributed by atoms with Gasteiger partial charge in [0.1, 0.15) is 11.5 Å². The van der Waals surface area contributed by atoms with Crippen LogP contribution in [0.2, 0.25) is 0 Å². The summed E-state index contributed by atoms with van der Waals surface area (Å²) in [7, 11) is 0. The van der Waals surface area contributed by atoms with Crippen LogP contribution in [0.5, 0.6) is 11.5 Å². The molecule has 0 unspecified atom stereocenters. The Morgan fingerprint density at radius 3 is 2.04 bits per heavy atom. The van der Waals surface area contributed by atoms with E-state index in [1.165, 1.54) is 22.6 Å². The highest BCUT2D eigenvalue weighted by molar-refractivity contribution is 6.28. The lowest BCUT2D eigenvalue weighted by molar-refractivity contribution is -0.120. The van der Waals surface area contributed by atoms with Crippen molar-refractivity contribution < 1.29 is 14.3 Å². The predicted molar refractivity (Wildman–Crippen MR) is 103 cm³/mol. The molecule has 0 N–H and O–H groups in total. The number of anilines is 1. The molecule has 0 fully saturated rings. The van der Waals surface area contributed by atoms with Gasteiger partial charge in [0.05, 0.1) is 5.69 Å². The van der Waals surface area contributed by atoms with Crippen molar-refractivity contribution in [2.24, 2.45) is 0 Å². The zero-order valence-electron chi connectivity index (χ0n) is 15.6. The number of rotatable bonds is 5. The van der Waals surface area contributed by atoms with Crippen molar-refractivity contribution >= 4 is 17.5 Å². The van der Waals surface area contributed by atoms with Crippen molar-refractivity contribution in [3.05, 3.63) is 64.7 Å². The Bertz CT molecular complexity index is 871. The van der Waals surface area contributed by atoms with Gasteiger partial charge in [0.25, 0.3) is 11.8 Å². The van der Waals surface area contributed by atoms with Gasteiger partial charge in [0.2, 0.25) is 0 Å². The van der Waals surface area contributed by atoms with E-state index in [1.807, 2.05) is 39.0 Å². The second kappa shape index (κ2) is 7.16. The van der Waals surface area contributed by atoms with Gasteiger partial charge in [-0.25, -0.2) is 4.90 Å². The van der Waals surface area contributed by atoms with Crippen LogP contribution in [0, 0.1) is 20.8 Å². The third-order valence-electron chi connectivity index (χ3n) is 4.50. The molecule has 0 aliphatic carbocycles. The van der Waals surface area contributed by atoms with Crippen molar-refractivity contribution in [3.8, 4) is 11.5 Å². The number of nitrogens with zero attached hydrogens (tertiary/aromatic N) is 1. The summed E-state index contributed by atoms with van der Waals surface area (Å²) >= 11 is 0. The zero-order chi connectivity index (χ0) is 18.8. The Labute approximate surface area is 154 Å². The van der Waals surface area contributed by atoms with E-state index in [0.717, 1.165) is 35.3 Å². The minimum Gasteiger partial charge on any atom is -0.457 e. The first kappa shape index (κ1) is 17.9. The number of aryl methyl sites for hydroxylation is 4. The highest BCUT2D eigenvalue weighted by Gasteiger charge is 2.28. The second-order valence-corrected chi connectivity index (χ2v) is 6.70. The molecule has 0 spiro atoms. The largest absolute Gasteiger partial charge is 0.457 e. The van der Waals surface area contributed by atoms with E-state index in [-0.39, 0.29) is 11.8 Å². The van der Waals surface area contributed by atoms with Gasteiger partial charge < -0.3 is 4.74 Å². The summed E-state index contributed by atoms with van der Waals surface area (Å²) in [6, 6.07) is 9.96. The van der Waals surface area contributed by atoms with Crippen LogP contribution in [0.4, 0.5) is 5.69 Å². The van der Waals surface area contributed by atoms with Crippen molar-refractivity contribution in [3.63, 3.8) is 0 Å². The average molecular weight is 349 g/mol. The smallest absolute Gasteiger partial charge is 0.258 e. The number of imide groups is 1. The lowest BCUT2D eigenvalue weighted by Crippen LogP contribution is -2.30. The van der Waals surface area contributed by atoms with E-state index in [1.54, 1.807) is 0 Å². The molecule has 0 radical (unpaired) electrons. The first-order valence-corrected chi connectivity index (χ1v) is 8.85. The molecule has 0 bridgehead atoms. The molecule has 0 atom stereocenters. The molecule has 1 aliphatic heterocycles. The van der Waals surface area contributed by atoms with Crippen LogP contribution in [0.25, 0.3) is 0 Å². The Hall–Kier alpha value is -2.88. The van der Waals surface area contributed by atoms with Crippen LogP contribution in [0.15, 0.2) is 42.5 Å². The summed E-state index contributed by atoms with van der Waals surface area (Å²) in [6.45, 7) is 7.96. The molecule has 1 heterocycles. The zero-order valence-corrected chi connectivity index (χ0v) is 15.6. The molecule has 2 aromatic rings. The van der Waals surface area contributed by atoms with Crippen LogP contribution >= 0.6 is 0 Å². The SMILES string of the molecule is CCCc1ccc(Oc2cc(C)c(N3C(=O)C=CC3=O)c(C)c2)c(C)c1. The highest BCUT2D eigenvalue weighted by atomic mass is 16.5. The maximum atomic E-state index is 12.0. The molecule has 134 valence electrons. The van der Waals surface area contributed by atoms with Crippen molar-refractivity contribution in [1.82, 2.24) is 0 Å². The summed E-state index contributed by atoms with van der Waals surface area (Å²) in [5.74, 6) is 0.892. The van der Waals surface area contributed by atoms with Gasteiger partial charge >= 0.3 is 0 Å². The number of carbonyl (C=O) groups is 2. The van der Waals surface area contributed by atoms with Gasteiger partial charge in [0.15, 0.2) is 0 Å². The lowest BCUT2D eigenvalue weighted by Gasteiger charge is -2.20. The Morgan fingerprint density at radius 1 is 0.885 bits per heavy atom. The molecular weight excluding hydrogens is 326 g/mol. The maximum absolute atomic E-state index is 12.0. The molecule has 4 heteroatoms. The normalized spacial score (nSPS) is 13.6. The van der Waals surface area contributed by atoms with E-state index < -0.39 is 0 Å². The van der Waals surface area contributed by atoms with Crippen molar-refractivity contribution in [2.45, 2.75) is 40.5 Å². The van der Waals surface area contributed by atoms with Crippen molar-refractivity contribution in [2.75, 3.05) is 4.90 Å². The van der Waals surface area contributed by atoms with Crippen molar-refractivity contribution in [1.29, 1.82) is 0 Å². The van der Waals surface area contributed by atoms with E-state index in [0.29, 0.717) is 11.4 Å². The predicted octanol–water partition coefficient (Wildman–Crippen LogP) is 4.79. The number of hydrogen-bond donors (Lipinski definition) is 0. The third kappa shape index (κ3) is 3.40. The van der Waals surface area contributed by atoms with Gasteiger partial charge in [-0.15, -0.1) is 0 Å². The van der Waals surface area contributed by atoms with E-state index in [4.69, 9.17) is 4.74 Å². The molecule has 0 aromatic heterocycles. The summed E-state index contributed by atoms with van der Waals surface area (Å²) < 4.78 is 6.07. The molecule has 2 aromatic carbocycles. The quantitative estimate of drug-likeness (QED) is 0.729. The summed E-state index contributed by atoms with van der Waals surface area (Å²) in [6.07, 6.45) is 4.77. The standard InChI is InChI=1S/C22H23NO3/c1-5-6-17-7-8-19(14(2)11-17)26-18-12-15(3)22(16(4)13-18)23-20(24)9-10-21(23)25/h7-13H,5-6H2,1-4H3. The molecule has 26 heavy (non-hydrogen) atoms. The second-order valence-electron chi connectivity index (χ2n) is 6.70. The monoisotopic (exact) mass is 349 g/mol. The number of ether oxygens (including phenoxy) is 1. The lowest BCUT2D eigenvalue weighted by atomic mass is 10.1. The van der Waals surface area contributed by atoms with Crippen LogP contribution < -0.4 is 9.64 Å². The molecule has 2 amide bonds. The highest BCUT2D eigenvalue weighted by Crippen LogP contribution is 2.34. The first-order valence-electron chi connectivity index (χ1n) is 8.85. The Kier molecular flexibility index (Phi) is 4.94. The number of hydrogen-bond acceptors (Lipinski definition) is 3. The van der Waals surface area contributed by atoms with E-state index in [2.05, 4.69) is 19.1 Å². The molecule has 0 saturated heterocycles. The van der Waals surface area contributed by atoms with Crippen LogP contribution in [0.1, 0.15) is 35.6 Å². The molecule has 0 saturated carbocycles. The molecule has 3 rings (SSSR count). The number of carbonyl (C=O) groups excluding carboxylic acids is 2. The average Bonchev–Trinajstić information content (AvgIpc) is 2.89. The fourth-order valence-electron chi connectivity index (χ4n) is 3.35. The van der Waals surface area contributed by atoms with Gasteiger partial charge in [0, 0.05) is 12.2 Å².